The van der Waals surface area contributed by atoms with Crippen molar-refractivity contribution in [1.82, 2.24) is 5.32 Å². The van der Waals surface area contributed by atoms with Gasteiger partial charge in [-0.2, -0.15) is 0 Å². The Bertz CT molecular complexity index is 399. The van der Waals surface area contributed by atoms with E-state index in [0.717, 1.165) is 24.8 Å². The molecule has 1 nitrogen and oxygen atoms in total. The predicted molar refractivity (Wildman–Crippen MR) is 88.0 cm³/mol. The monoisotopic (exact) mass is 273 g/mol. The lowest BCUT2D eigenvalue weighted by Crippen LogP contribution is -2.35. The van der Waals surface area contributed by atoms with E-state index in [4.69, 9.17) is 0 Å². The van der Waals surface area contributed by atoms with Gasteiger partial charge in [-0.15, -0.1) is 0 Å². The van der Waals surface area contributed by atoms with E-state index in [-0.39, 0.29) is 0 Å². The Morgan fingerprint density at radius 3 is 2.55 bits per heavy atom. The van der Waals surface area contributed by atoms with Gasteiger partial charge in [-0.3, -0.25) is 0 Å². The highest BCUT2D eigenvalue weighted by Crippen LogP contribution is 2.41. The van der Waals surface area contributed by atoms with Gasteiger partial charge in [0.25, 0.3) is 0 Å². The molecule has 1 aromatic rings. The average Bonchev–Trinajstić information content (AvgIpc) is 2.52. The summed E-state index contributed by atoms with van der Waals surface area (Å²) < 4.78 is 0. The molecule has 2 rings (SSSR count). The lowest BCUT2D eigenvalue weighted by Gasteiger charge is -2.38. The van der Waals surface area contributed by atoms with Crippen LogP contribution in [0.15, 0.2) is 24.3 Å². The van der Waals surface area contributed by atoms with E-state index in [1.807, 2.05) is 0 Å². The summed E-state index contributed by atoms with van der Waals surface area (Å²) in [7, 11) is 0. The molecule has 0 bridgehead atoms. The van der Waals surface area contributed by atoms with E-state index < -0.39 is 0 Å². The lowest BCUT2D eigenvalue weighted by molar-refractivity contribution is 0.176. The number of nitrogens with one attached hydrogen (secondary N) is 1. The van der Waals surface area contributed by atoms with Crippen LogP contribution < -0.4 is 5.32 Å². The van der Waals surface area contributed by atoms with Crippen molar-refractivity contribution in [1.29, 1.82) is 0 Å². The van der Waals surface area contributed by atoms with Crippen LogP contribution in [-0.2, 0) is 6.42 Å². The van der Waals surface area contributed by atoms with Crippen molar-refractivity contribution in [2.75, 3.05) is 6.54 Å². The molecule has 0 spiro atoms. The van der Waals surface area contributed by atoms with Gasteiger partial charge >= 0.3 is 0 Å². The highest BCUT2D eigenvalue weighted by atomic mass is 14.9. The van der Waals surface area contributed by atoms with Crippen molar-refractivity contribution in [3.05, 3.63) is 35.4 Å². The molecule has 1 heteroatoms. The molecule has 112 valence electrons. The van der Waals surface area contributed by atoms with Crippen molar-refractivity contribution in [2.24, 2.45) is 11.8 Å². The number of aryl methyl sites for hydroxylation is 1. The number of benzene rings is 1. The number of rotatable bonds is 6. The molecule has 0 aliphatic heterocycles. The summed E-state index contributed by atoms with van der Waals surface area (Å²) in [5.74, 6) is 1.72. The lowest BCUT2D eigenvalue weighted by atomic mass is 9.71. The molecule has 1 N–H and O–H groups in total. The molecule has 20 heavy (non-hydrogen) atoms. The van der Waals surface area contributed by atoms with Crippen molar-refractivity contribution in [3.63, 3.8) is 0 Å². The van der Waals surface area contributed by atoms with Crippen LogP contribution in [0.5, 0.6) is 0 Å². The summed E-state index contributed by atoms with van der Waals surface area (Å²) in [6.45, 7) is 7.96. The maximum absolute atomic E-state index is 3.81. The summed E-state index contributed by atoms with van der Waals surface area (Å²) in [6.07, 6.45) is 8.15. The Kier molecular flexibility index (Phi) is 6.09. The molecule has 0 aromatic heterocycles. The Hall–Kier alpha value is -0.820. The van der Waals surface area contributed by atoms with Crippen LogP contribution in [0.3, 0.4) is 0 Å². The number of hydrogen-bond donors (Lipinski definition) is 1. The zero-order chi connectivity index (χ0) is 14.4. The Morgan fingerprint density at radius 2 is 1.85 bits per heavy atom. The molecule has 1 saturated carbocycles. The second kappa shape index (κ2) is 7.83. The van der Waals surface area contributed by atoms with Crippen molar-refractivity contribution in [2.45, 2.75) is 65.3 Å². The van der Waals surface area contributed by atoms with Crippen LogP contribution >= 0.6 is 0 Å². The van der Waals surface area contributed by atoms with Gasteiger partial charge in [0.2, 0.25) is 0 Å². The van der Waals surface area contributed by atoms with Crippen LogP contribution in [0.4, 0.5) is 0 Å². The van der Waals surface area contributed by atoms with Gasteiger partial charge in [0.1, 0.15) is 0 Å². The van der Waals surface area contributed by atoms with Crippen molar-refractivity contribution < 1.29 is 0 Å². The maximum Gasteiger partial charge on any atom is 0.0353 e. The van der Waals surface area contributed by atoms with Crippen LogP contribution in [0.1, 0.15) is 70.0 Å². The van der Waals surface area contributed by atoms with E-state index >= 15 is 0 Å². The molecular weight excluding hydrogens is 242 g/mol. The van der Waals surface area contributed by atoms with Gasteiger partial charge in [-0.05, 0) is 42.3 Å². The van der Waals surface area contributed by atoms with Crippen molar-refractivity contribution >= 4 is 0 Å². The third-order valence-corrected chi connectivity index (χ3v) is 5.12. The molecule has 3 unspecified atom stereocenters. The summed E-state index contributed by atoms with van der Waals surface area (Å²) in [5.41, 5.74) is 3.08. The quantitative estimate of drug-likeness (QED) is 0.759. The fourth-order valence-electron chi connectivity index (χ4n) is 4.05. The van der Waals surface area contributed by atoms with E-state index in [2.05, 4.69) is 50.4 Å². The molecule has 0 heterocycles. The predicted octanol–water partition coefficient (Wildman–Crippen LogP) is 5.12. The molecule has 0 amide bonds. The minimum absolute atomic E-state index is 0.557. The van der Waals surface area contributed by atoms with Crippen LogP contribution in [0.2, 0.25) is 0 Å². The summed E-state index contributed by atoms with van der Waals surface area (Å²) in [6, 6.07) is 9.62. The third kappa shape index (κ3) is 3.44. The first-order valence-corrected chi connectivity index (χ1v) is 8.62. The fourth-order valence-corrected chi connectivity index (χ4v) is 4.05. The Balaban J connectivity index is 2.29. The largest absolute Gasteiger partial charge is 0.310 e. The van der Waals surface area contributed by atoms with Crippen molar-refractivity contribution in [3.8, 4) is 0 Å². The van der Waals surface area contributed by atoms with Crippen LogP contribution in [-0.4, -0.2) is 6.54 Å². The topological polar surface area (TPSA) is 12.0 Å². The second-order valence-corrected chi connectivity index (χ2v) is 6.20. The summed E-state index contributed by atoms with van der Waals surface area (Å²) >= 11 is 0. The minimum Gasteiger partial charge on any atom is -0.310 e. The SMILES string of the molecule is CCNC(c1ccccc1CC)C1CCCCC1CC. The van der Waals surface area contributed by atoms with E-state index in [1.54, 1.807) is 5.56 Å². The zero-order valence-corrected chi connectivity index (χ0v) is 13.5. The van der Waals surface area contributed by atoms with Gasteiger partial charge in [-0.1, -0.05) is 70.7 Å². The van der Waals surface area contributed by atoms with Gasteiger partial charge in [0, 0.05) is 6.04 Å². The second-order valence-electron chi connectivity index (χ2n) is 6.20. The molecule has 0 saturated heterocycles. The molecule has 1 aromatic carbocycles. The first-order valence-electron chi connectivity index (χ1n) is 8.62. The standard InChI is InChI=1S/C19H31N/c1-4-15-11-7-9-13-17(15)19(20-6-3)18-14-10-8-12-16(18)5-2/h7,9,11,13,16,18-20H,4-6,8,10,12,14H2,1-3H3. The molecule has 0 radical (unpaired) electrons. The molecule has 1 fully saturated rings. The van der Waals surface area contributed by atoms with Gasteiger partial charge in [-0.25, -0.2) is 0 Å². The summed E-state index contributed by atoms with van der Waals surface area (Å²) in [5, 5.41) is 3.81. The Labute approximate surface area is 125 Å². The maximum atomic E-state index is 3.81. The average molecular weight is 273 g/mol. The smallest absolute Gasteiger partial charge is 0.0353 e. The third-order valence-electron chi connectivity index (χ3n) is 5.12. The molecule has 1 aliphatic rings. The number of hydrogen-bond acceptors (Lipinski definition) is 1. The molecule has 1 aliphatic carbocycles. The van der Waals surface area contributed by atoms with E-state index in [9.17, 15) is 0 Å². The first kappa shape index (κ1) is 15.6. The molecule has 3 atom stereocenters. The Morgan fingerprint density at radius 1 is 1.10 bits per heavy atom. The minimum atomic E-state index is 0.557. The highest BCUT2D eigenvalue weighted by molar-refractivity contribution is 5.31. The van der Waals surface area contributed by atoms with Gasteiger partial charge in [0.15, 0.2) is 0 Å². The molecular formula is C19H31N. The highest BCUT2D eigenvalue weighted by Gasteiger charge is 2.31. The first-order chi connectivity index (χ1) is 9.81. The van der Waals surface area contributed by atoms with Crippen LogP contribution in [0, 0.1) is 11.8 Å². The van der Waals surface area contributed by atoms with E-state index in [0.29, 0.717) is 6.04 Å². The zero-order valence-electron chi connectivity index (χ0n) is 13.5. The van der Waals surface area contributed by atoms with Gasteiger partial charge < -0.3 is 5.32 Å². The van der Waals surface area contributed by atoms with E-state index in [1.165, 1.54) is 37.7 Å². The van der Waals surface area contributed by atoms with Crippen LogP contribution in [0.25, 0.3) is 0 Å². The van der Waals surface area contributed by atoms with Gasteiger partial charge in [0.05, 0.1) is 0 Å². The summed E-state index contributed by atoms with van der Waals surface area (Å²) in [4.78, 5) is 0. The normalized spacial score (nSPS) is 24.6. The fraction of sp³-hybridized carbons (Fsp3) is 0.684.